The van der Waals surface area contributed by atoms with Crippen LogP contribution in [-0.4, -0.2) is 11.7 Å². The second-order valence-corrected chi connectivity index (χ2v) is 4.04. The number of benzene rings is 1. The summed E-state index contributed by atoms with van der Waals surface area (Å²) in [5.41, 5.74) is -0.186. The number of carbonyl (C=O) groups is 2. The van der Waals surface area contributed by atoms with E-state index in [1.807, 2.05) is 0 Å². The first-order valence-corrected chi connectivity index (χ1v) is 5.77. The molecule has 19 heavy (non-hydrogen) atoms. The molecule has 0 fully saturated rings. The molecule has 104 valence electrons. The number of hydrogen-bond acceptors (Lipinski definition) is 2. The molecule has 0 atom stereocenters. The minimum absolute atomic E-state index is 0.105. The molecular weight excluding hydrogens is 259 g/mol. The van der Waals surface area contributed by atoms with E-state index in [1.54, 1.807) is 6.92 Å². The number of rotatable bonds is 5. The lowest BCUT2D eigenvalue weighted by Crippen LogP contribution is -2.25. The topological polar surface area (TPSA) is 46.2 Å². The number of halogens is 3. The molecule has 1 N–H and O–H groups in total. The number of nitrogens with one attached hydrogen (secondary N) is 1. The van der Waals surface area contributed by atoms with Crippen LogP contribution >= 0.6 is 0 Å². The first-order valence-electron chi connectivity index (χ1n) is 5.77. The number of alkyl halides is 3. The van der Waals surface area contributed by atoms with Gasteiger partial charge in [-0.25, -0.2) is 0 Å². The fourth-order valence-corrected chi connectivity index (χ4v) is 1.38. The van der Waals surface area contributed by atoms with Crippen LogP contribution < -0.4 is 5.32 Å². The lowest BCUT2D eigenvalue weighted by atomic mass is 10.1. The molecule has 0 heterocycles. The molecule has 0 aromatic heterocycles. The van der Waals surface area contributed by atoms with Gasteiger partial charge in [0, 0.05) is 13.0 Å². The zero-order chi connectivity index (χ0) is 14.5. The summed E-state index contributed by atoms with van der Waals surface area (Å²) in [6, 6.07) is 4.51. The smallest absolute Gasteiger partial charge is 0.352 e. The summed E-state index contributed by atoms with van der Waals surface area (Å²) in [5, 5.41) is 2.48. The monoisotopic (exact) mass is 273 g/mol. The Hall–Kier alpha value is -1.85. The Morgan fingerprint density at radius 1 is 1.16 bits per heavy atom. The van der Waals surface area contributed by atoms with Gasteiger partial charge in [-0.3, -0.25) is 9.59 Å². The molecule has 1 amide bonds. The van der Waals surface area contributed by atoms with E-state index in [-0.39, 0.29) is 25.2 Å². The number of hydrogen-bond donors (Lipinski definition) is 1. The van der Waals surface area contributed by atoms with Gasteiger partial charge in [-0.05, 0) is 17.7 Å². The van der Waals surface area contributed by atoms with Crippen molar-refractivity contribution >= 4 is 11.7 Å². The number of amides is 1. The Morgan fingerprint density at radius 2 is 1.74 bits per heavy atom. The molecule has 0 aliphatic carbocycles. The number of ketones is 1. The molecular formula is C13H14F3NO2. The maximum Gasteiger partial charge on any atom is 0.416 e. The Kier molecular flexibility index (Phi) is 5.09. The molecule has 1 aromatic carbocycles. The van der Waals surface area contributed by atoms with E-state index >= 15 is 0 Å². The van der Waals surface area contributed by atoms with Crippen molar-refractivity contribution in [1.29, 1.82) is 0 Å². The molecule has 0 unspecified atom stereocenters. The van der Waals surface area contributed by atoms with Gasteiger partial charge < -0.3 is 5.32 Å². The summed E-state index contributed by atoms with van der Waals surface area (Å²) in [5.74, 6) is -0.600. The van der Waals surface area contributed by atoms with Crippen molar-refractivity contribution in [3.05, 3.63) is 35.4 Å². The molecule has 0 saturated heterocycles. The predicted octanol–water partition coefficient (Wildman–Crippen LogP) is 2.69. The van der Waals surface area contributed by atoms with Crippen molar-refractivity contribution < 1.29 is 22.8 Å². The van der Waals surface area contributed by atoms with Gasteiger partial charge in [0.25, 0.3) is 0 Å². The maximum absolute atomic E-state index is 12.3. The summed E-state index contributed by atoms with van der Waals surface area (Å²) in [4.78, 5) is 22.3. The van der Waals surface area contributed by atoms with Crippen LogP contribution in [0.3, 0.4) is 0 Å². The van der Waals surface area contributed by atoms with Crippen molar-refractivity contribution in [3.63, 3.8) is 0 Å². The first kappa shape index (κ1) is 15.2. The van der Waals surface area contributed by atoms with E-state index in [9.17, 15) is 22.8 Å². The molecule has 0 aliphatic heterocycles. The molecule has 3 nitrogen and oxygen atoms in total. The average Bonchev–Trinajstić information content (AvgIpc) is 2.35. The minimum atomic E-state index is -4.37. The van der Waals surface area contributed by atoms with E-state index < -0.39 is 17.6 Å². The Morgan fingerprint density at radius 3 is 2.21 bits per heavy atom. The fraction of sp³-hybridized carbons (Fsp3) is 0.385. The van der Waals surface area contributed by atoms with Gasteiger partial charge in [-0.15, -0.1) is 0 Å². The van der Waals surface area contributed by atoms with Crippen LogP contribution in [0.2, 0.25) is 0 Å². The van der Waals surface area contributed by atoms with E-state index in [2.05, 4.69) is 5.32 Å². The van der Waals surface area contributed by atoms with Crippen LogP contribution in [0, 0.1) is 0 Å². The van der Waals surface area contributed by atoms with Gasteiger partial charge >= 0.3 is 6.18 Å². The standard InChI is InChI=1S/C13H14F3NO2/c1-2-11(18)7-12(19)17-8-9-3-5-10(6-4-9)13(14,15)16/h3-6H,2,7-8H2,1H3,(H,17,19). The van der Waals surface area contributed by atoms with Gasteiger partial charge in [0.1, 0.15) is 5.78 Å². The van der Waals surface area contributed by atoms with Crippen molar-refractivity contribution in [2.24, 2.45) is 0 Å². The summed E-state index contributed by atoms with van der Waals surface area (Å²) >= 11 is 0. The largest absolute Gasteiger partial charge is 0.416 e. The predicted molar refractivity (Wildman–Crippen MR) is 63.2 cm³/mol. The summed E-state index contributed by atoms with van der Waals surface area (Å²) in [7, 11) is 0. The third kappa shape index (κ3) is 5.11. The third-order valence-corrected chi connectivity index (χ3v) is 2.52. The number of carbonyl (C=O) groups excluding carboxylic acids is 2. The maximum atomic E-state index is 12.3. The second-order valence-electron chi connectivity index (χ2n) is 4.04. The van der Waals surface area contributed by atoms with Crippen LogP contribution in [0.4, 0.5) is 13.2 Å². The Balaban J connectivity index is 2.51. The summed E-state index contributed by atoms with van der Waals surface area (Å²) < 4.78 is 36.9. The fourth-order valence-electron chi connectivity index (χ4n) is 1.38. The normalized spacial score (nSPS) is 11.2. The van der Waals surface area contributed by atoms with Gasteiger partial charge in [0.05, 0.1) is 12.0 Å². The van der Waals surface area contributed by atoms with E-state index in [0.717, 1.165) is 12.1 Å². The van der Waals surface area contributed by atoms with Crippen LogP contribution in [0.5, 0.6) is 0 Å². The highest BCUT2D eigenvalue weighted by Gasteiger charge is 2.29. The zero-order valence-electron chi connectivity index (χ0n) is 10.4. The van der Waals surface area contributed by atoms with Crippen molar-refractivity contribution in [1.82, 2.24) is 5.32 Å². The minimum Gasteiger partial charge on any atom is -0.352 e. The average molecular weight is 273 g/mol. The van der Waals surface area contributed by atoms with Crippen LogP contribution in [0.25, 0.3) is 0 Å². The highest BCUT2D eigenvalue weighted by molar-refractivity contribution is 5.97. The molecule has 0 aliphatic rings. The SMILES string of the molecule is CCC(=O)CC(=O)NCc1ccc(C(F)(F)F)cc1. The summed E-state index contributed by atoms with van der Waals surface area (Å²) in [6.07, 6.45) is -4.28. The lowest BCUT2D eigenvalue weighted by molar-refractivity contribution is -0.137. The van der Waals surface area contributed by atoms with E-state index in [0.29, 0.717) is 5.56 Å². The third-order valence-electron chi connectivity index (χ3n) is 2.52. The highest BCUT2D eigenvalue weighted by Crippen LogP contribution is 2.28. The van der Waals surface area contributed by atoms with E-state index in [1.165, 1.54) is 12.1 Å². The molecule has 1 aromatic rings. The van der Waals surface area contributed by atoms with Gasteiger partial charge in [0.2, 0.25) is 5.91 Å². The molecule has 0 saturated carbocycles. The van der Waals surface area contributed by atoms with Crippen LogP contribution in [0.15, 0.2) is 24.3 Å². The molecule has 0 spiro atoms. The molecule has 1 rings (SSSR count). The highest BCUT2D eigenvalue weighted by atomic mass is 19.4. The molecule has 0 radical (unpaired) electrons. The van der Waals surface area contributed by atoms with Gasteiger partial charge in [-0.1, -0.05) is 19.1 Å². The van der Waals surface area contributed by atoms with Crippen LogP contribution in [0.1, 0.15) is 30.9 Å². The quantitative estimate of drug-likeness (QED) is 0.838. The van der Waals surface area contributed by atoms with Crippen molar-refractivity contribution in [3.8, 4) is 0 Å². The molecule has 0 bridgehead atoms. The number of Topliss-reactive ketones (excluding diaryl/α,β-unsaturated/α-hetero) is 1. The Bertz CT molecular complexity index is 452. The first-order chi connectivity index (χ1) is 8.82. The Labute approximate surface area is 108 Å². The van der Waals surface area contributed by atoms with Crippen LogP contribution in [-0.2, 0) is 22.3 Å². The summed E-state index contributed by atoms with van der Waals surface area (Å²) in [6.45, 7) is 1.76. The van der Waals surface area contributed by atoms with Gasteiger partial charge in [-0.2, -0.15) is 13.2 Å². The molecule has 6 heteroatoms. The zero-order valence-corrected chi connectivity index (χ0v) is 10.4. The lowest BCUT2D eigenvalue weighted by Gasteiger charge is -2.08. The van der Waals surface area contributed by atoms with Crippen molar-refractivity contribution in [2.45, 2.75) is 32.5 Å². The van der Waals surface area contributed by atoms with Gasteiger partial charge in [0.15, 0.2) is 0 Å². The van der Waals surface area contributed by atoms with Crippen molar-refractivity contribution in [2.75, 3.05) is 0 Å². The van der Waals surface area contributed by atoms with E-state index in [4.69, 9.17) is 0 Å². The second kappa shape index (κ2) is 6.36.